The van der Waals surface area contributed by atoms with E-state index in [1.54, 1.807) is 12.4 Å². The molecule has 6 rings (SSSR count). The van der Waals surface area contributed by atoms with Crippen LogP contribution in [0.3, 0.4) is 0 Å². The SMILES string of the molecule is Cc1c(C(=O)Nc2ccc(N3CCN(Cc4ccc(-n5ccnc5)cc4)CC3)nc2)cccc1-c1ccccc1. The third kappa shape index (κ3) is 5.65. The first-order valence-corrected chi connectivity index (χ1v) is 13.6. The van der Waals surface area contributed by atoms with Gasteiger partial charge in [-0.25, -0.2) is 9.97 Å². The molecule has 7 nitrogen and oxygen atoms in total. The number of imidazole rings is 1. The van der Waals surface area contributed by atoms with E-state index in [1.807, 2.05) is 66.5 Å². The van der Waals surface area contributed by atoms with Crippen LogP contribution in [0.2, 0.25) is 0 Å². The first-order valence-electron chi connectivity index (χ1n) is 13.6. The summed E-state index contributed by atoms with van der Waals surface area (Å²) in [5.74, 6) is 0.807. The molecule has 1 aliphatic rings. The molecule has 0 aliphatic carbocycles. The maximum atomic E-state index is 13.1. The van der Waals surface area contributed by atoms with Crippen molar-refractivity contribution in [2.45, 2.75) is 13.5 Å². The number of anilines is 2. The fourth-order valence-corrected chi connectivity index (χ4v) is 5.24. The van der Waals surface area contributed by atoms with E-state index in [9.17, 15) is 4.79 Å². The van der Waals surface area contributed by atoms with Crippen molar-refractivity contribution < 1.29 is 4.79 Å². The smallest absolute Gasteiger partial charge is 0.255 e. The maximum Gasteiger partial charge on any atom is 0.255 e. The fraction of sp³-hybridized carbons (Fsp3) is 0.182. The fourth-order valence-electron chi connectivity index (χ4n) is 5.24. The molecule has 0 bridgehead atoms. The van der Waals surface area contributed by atoms with Gasteiger partial charge in [0.2, 0.25) is 0 Å². The molecule has 5 aromatic rings. The average Bonchev–Trinajstić information content (AvgIpc) is 3.54. The number of hydrogen-bond donors (Lipinski definition) is 1. The quantitative estimate of drug-likeness (QED) is 0.289. The Hall–Kier alpha value is -4.75. The molecular weight excluding hydrogens is 496 g/mol. The third-order valence-electron chi connectivity index (χ3n) is 7.51. The highest BCUT2D eigenvalue weighted by Crippen LogP contribution is 2.26. The maximum absolute atomic E-state index is 13.1. The van der Waals surface area contributed by atoms with Gasteiger partial charge in [0.1, 0.15) is 5.82 Å². The van der Waals surface area contributed by atoms with Crippen molar-refractivity contribution in [2.75, 3.05) is 36.4 Å². The summed E-state index contributed by atoms with van der Waals surface area (Å²) in [6, 6.07) is 28.6. The van der Waals surface area contributed by atoms with Gasteiger partial charge in [-0.05, 0) is 59.5 Å². The molecule has 1 amide bonds. The van der Waals surface area contributed by atoms with Crippen LogP contribution >= 0.6 is 0 Å². The molecule has 0 saturated carbocycles. The lowest BCUT2D eigenvalue weighted by Crippen LogP contribution is -2.46. The second kappa shape index (κ2) is 11.6. The largest absolute Gasteiger partial charge is 0.354 e. The number of aromatic nitrogens is 3. The van der Waals surface area contributed by atoms with Crippen LogP contribution in [0.15, 0.2) is 110 Å². The number of nitrogens with zero attached hydrogens (tertiary/aromatic N) is 5. The molecule has 40 heavy (non-hydrogen) atoms. The molecule has 1 saturated heterocycles. The van der Waals surface area contributed by atoms with Crippen LogP contribution in [-0.2, 0) is 6.54 Å². The highest BCUT2D eigenvalue weighted by molar-refractivity contribution is 6.06. The van der Waals surface area contributed by atoms with Crippen molar-refractivity contribution >= 4 is 17.4 Å². The summed E-state index contributed by atoms with van der Waals surface area (Å²) in [7, 11) is 0. The number of amides is 1. The normalized spacial score (nSPS) is 13.8. The van der Waals surface area contributed by atoms with Gasteiger partial charge < -0.3 is 14.8 Å². The highest BCUT2D eigenvalue weighted by Gasteiger charge is 2.19. The van der Waals surface area contributed by atoms with E-state index in [1.165, 1.54) is 5.56 Å². The summed E-state index contributed by atoms with van der Waals surface area (Å²) in [4.78, 5) is 26.7. The minimum Gasteiger partial charge on any atom is -0.354 e. The van der Waals surface area contributed by atoms with Crippen LogP contribution < -0.4 is 10.2 Å². The summed E-state index contributed by atoms with van der Waals surface area (Å²) in [5.41, 5.74) is 6.90. The molecule has 3 heterocycles. The van der Waals surface area contributed by atoms with E-state index < -0.39 is 0 Å². The Kier molecular flexibility index (Phi) is 7.37. The summed E-state index contributed by atoms with van der Waals surface area (Å²) >= 11 is 0. The molecule has 1 N–H and O–H groups in total. The predicted molar refractivity (Wildman–Crippen MR) is 160 cm³/mol. The third-order valence-corrected chi connectivity index (χ3v) is 7.51. The van der Waals surface area contributed by atoms with Gasteiger partial charge in [0.25, 0.3) is 5.91 Å². The zero-order valence-corrected chi connectivity index (χ0v) is 22.6. The standard InChI is InChI=1S/C33H32N6O/c1-25-30(27-6-3-2-4-7-27)8-5-9-31(25)33(40)36-28-12-15-32(35-22-28)38-20-18-37(19-21-38)23-26-10-13-29(14-11-26)39-17-16-34-24-39/h2-17,22,24H,18-21,23H2,1H3,(H,36,40). The summed E-state index contributed by atoms with van der Waals surface area (Å²) in [6.45, 7) is 6.70. The van der Waals surface area contributed by atoms with Crippen LogP contribution in [0, 0.1) is 6.92 Å². The topological polar surface area (TPSA) is 66.3 Å². The Morgan fingerprint density at radius 3 is 2.38 bits per heavy atom. The van der Waals surface area contributed by atoms with Gasteiger partial charge in [0.05, 0.1) is 18.2 Å². The Morgan fingerprint density at radius 2 is 1.68 bits per heavy atom. The van der Waals surface area contributed by atoms with Gasteiger partial charge in [-0.2, -0.15) is 0 Å². The van der Waals surface area contributed by atoms with E-state index >= 15 is 0 Å². The second-order valence-electron chi connectivity index (χ2n) is 10.1. The highest BCUT2D eigenvalue weighted by atomic mass is 16.1. The van der Waals surface area contributed by atoms with Crippen LogP contribution in [0.5, 0.6) is 0 Å². The summed E-state index contributed by atoms with van der Waals surface area (Å²) in [6.07, 6.45) is 7.31. The molecule has 1 aliphatic heterocycles. The minimum atomic E-state index is -0.128. The number of hydrogen-bond acceptors (Lipinski definition) is 5. The van der Waals surface area contributed by atoms with Crippen molar-refractivity contribution in [1.29, 1.82) is 0 Å². The van der Waals surface area contributed by atoms with Gasteiger partial charge in [-0.3, -0.25) is 9.69 Å². The van der Waals surface area contributed by atoms with Crippen molar-refractivity contribution in [2.24, 2.45) is 0 Å². The monoisotopic (exact) mass is 528 g/mol. The molecule has 3 aromatic carbocycles. The number of pyridine rings is 1. The first kappa shape index (κ1) is 25.5. The Balaban J connectivity index is 1.03. The molecule has 0 atom stereocenters. The molecule has 0 unspecified atom stereocenters. The van der Waals surface area contributed by atoms with Crippen molar-refractivity contribution in [3.8, 4) is 16.8 Å². The van der Waals surface area contributed by atoms with Crippen LogP contribution in [0.4, 0.5) is 11.5 Å². The lowest BCUT2D eigenvalue weighted by Gasteiger charge is -2.35. The molecule has 0 spiro atoms. The predicted octanol–water partition coefficient (Wildman–Crippen LogP) is 5.82. The van der Waals surface area contributed by atoms with E-state index in [0.717, 1.165) is 60.9 Å². The molecule has 7 heteroatoms. The molecule has 200 valence electrons. The van der Waals surface area contributed by atoms with Crippen LogP contribution in [-0.4, -0.2) is 51.5 Å². The van der Waals surface area contributed by atoms with E-state index in [4.69, 9.17) is 0 Å². The molecule has 0 radical (unpaired) electrons. The lowest BCUT2D eigenvalue weighted by atomic mass is 9.96. The Bertz CT molecular complexity index is 1560. The van der Waals surface area contributed by atoms with Gasteiger partial charge >= 0.3 is 0 Å². The van der Waals surface area contributed by atoms with Gasteiger partial charge in [0, 0.05) is 56.4 Å². The van der Waals surface area contributed by atoms with Crippen molar-refractivity contribution in [1.82, 2.24) is 19.4 Å². The van der Waals surface area contributed by atoms with Gasteiger partial charge in [-0.15, -0.1) is 0 Å². The number of carbonyl (C=O) groups is 1. The lowest BCUT2D eigenvalue weighted by molar-refractivity contribution is 0.102. The zero-order valence-electron chi connectivity index (χ0n) is 22.6. The van der Waals surface area contributed by atoms with Gasteiger partial charge in [0.15, 0.2) is 0 Å². The average molecular weight is 529 g/mol. The number of benzene rings is 3. The number of carbonyl (C=O) groups excluding carboxylic acids is 1. The van der Waals surface area contributed by atoms with E-state index in [0.29, 0.717) is 11.3 Å². The number of rotatable bonds is 7. The Labute approximate surface area is 234 Å². The van der Waals surface area contributed by atoms with Crippen LogP contribution in [0.1, 0.15) is 21.5 Å². The second-order valence-corrected chi connectivity index (χ2v) is 10.1. The minimum absolute atomic E-state index is 0.128. The van der Waals surface area contributed by atoms with E-state index in [2.05, 4.69) is 67.5 Å². The summed E-state index contributed by atoms with van der Waals surface area (Å²) < 4.78 is 2.01. The first-order chi connectivity index (χ1) is 19.6. The number of nitrogens with one attached hydrogen (secondary N) is 1. The van der Waals surface area contributed by atoms with Crippen LogP contribution in [0.25, 0.3) is 16.8 Å². The zero-order chi connectivity index (χ0) is 27.3. The molecule has 1 fully saturated rings. The molecule has 2 aromatic heterocycles. The molecular formula is C33H32N6O. The van der Waals surface area contributed by atoms with Crippen molar-refractivity contribution in [3.05, 3.63) is 127 Å². The van der Waals surface area contributed by atoms with Crippen molar-refractivity contribution in [3.63, 3.8) is 0 Å². The summed E-state index contributed by atoms with van der Waals surface area (Å²) in [5, 5.41) is 3.02. The Morgan fingerprint density at radius 1 is 0.875 bits per heavy atom. The van der Waals surface area contributed by atoms with Gasteiger partial charge in [-0.1, -0.05) is 54.6 Å². The number of piperazine rings is 1. The van der Waals surface area contributed by atoms with E-state index in [-0.39, 0.29) is 5.91 Å².